The average molecular weight is 514 g/mol. The summed E-state index contributed by atoms with van der Waals surface area (Å²) in [4.78, 5) is 12.7. The SMILES string of the molecule is CCC[C@H](c1cnc2ccc(CN3CCC(c4ccccc4)(N(C)C)CC3)cc2c1)N1C[C@@H](C)N[C@@H](C)C1. The van der Waals surface area contributed by atoms with Gasteiger partial charge in [-0.05, 0) is 82.1 Å². The molecule has 3 aromatic rings. The quantitative estimate of drug-likeness (QED) is 0.411. The van der Waals surface area contributed by atoms with Crippen molar-refractivity contribution in [3.8, 4) is 0 Å². The molecule has 3 heterocycles. The van der Waals surface area contributed by atoms with Gasteiger partial charge in [-0.3, -0.25) is 19.7 Å². The van der Waals surface area contributed by atoms with Gasteiger partial charge in [0.25, 0.3) is 0 Å². The zero-order chi connectivity index (χ0) is 26.7. The fourth-order valence-corrected chi connectivity index (χ4v) is 7.02. The Labute approximate surface area is 230 Å². The molecule has 2 saturated heterocycles. The maximum atomic E-state index is 4.92. The second-order valence-electron chi connectivity index (χ2n) is 12.1. The van der Waals surface area contributed by atoms with E-state index in [1.807, 2.05) is 0 Å². The number of nitrogens with one attached hydrogen (secondary N) is 1. The molecule has 1 N–H and O–H groups in total. The lowest BCUT2D eigenvalue weighted by atomic mass is 9.79. The maximum Gasteiger partial charge on any atom is 0.0702 e. The number of benzene rings is 2. The van der Waals surface area contributed by atoms with Crippen LogP contribution in [0.1, 0.15) is 69.2 Å². The van der Waals surface area contributed by atoms with Crippen molar-refractivity contribution >= 4 is 10.9 Å². The smallest absolute Gasteiger partial charge is 0.0702 e. The summed E-state index contributed by atoms with van der Waals surface area (Å²) < 4.78 is 0. The summed E-state index contributed by atoms with van der Waals surface area (Å²) in [5, 5.41) is 4.97. The second-order valence-corrected chi connectivity index (χ2v) is 12.1. The summed E-state index contributed by atoms with van der Waals surface area (Å²) >= 11 is 0. The van der Waals surface area contributed by atoms with Gasteiger partial charge in [-0.15, -0.1) is 0 Å². The van der Waals surface area contributed by atoms with Crippen molar-refractivity contribution in [3.63, 3.8) is 0 Å². The van der Waals surface area contributed by atoms with Crippen LogP contribution in [0, 0.1) is 0 Å². The van der Waals surface area contributed by atoms with Crippen LogP contribution in [-0.4, -0.2) is 72.0 Å². The maximum absolute atomic E-state index is 4.92. The molecule has 5 heteroatoms. The van der Waals surface area contributed by atoms with Crippen molar-refractivity contribution in [2.75, 3.05) is 40.3 Å². The second kappa shape index (κ2) is 11.8. The average Bonchev–Trinajstić information content (AvgIpc) is 2.91. The van der Waals surface area contributed by atoms with E-state index in [1.165, 1.54) is 34.9 Å². The number of aromatic nitrogens is 1. The molecule has 3 atom stereocenters. The van der Waals surface area contributed by atoms with Gasteiger partial charge in [0.15, 0.2) is 0 Å². The molecule has 5 rings (SSSR count). The third kappa shape index (κ3) is 5.81. The molecule has 2 aliphatic heterocycles. The summed E-state index contributed by atoms with van der Waals surface area (Å²) in [6.45, 7) is 12.3. The molecule has 2 aliphatic rings. The van der Waals surface area contributed by atoms with E-state index in [0.29, 0.717) is 18.1 Å². The summed E-state index contributed by atoms with van der Waals surface area (Å²) in [6.07, 6.45) is 6.80. The van der Waals surface area contributed by atoms with Crippen LogP contribution in [0.3, 0.4) is 0 Å². The molecule has 1 aromatic heterocycles. The molecule has 0 radical (unpaired) electrons. The highest BCUT2D eigenvalue weighted by molar-refractivity contribution is 5.79. The number of rotatable bonds is 8. The van der Waals surface area contributed by atoms with Crippen molar-refractivity contribution in [1.29, 1.82) is 0 Å². The van der Waals surface area contributed by atoms with Crippen molar-refractivity contribution in [1.82, 2.24) is 25.0 Å². The molecule has 0 saturated carbocycles. The lowest BCUT2D eigenvalue weighted by Crippen LogP contribution is -2.55. The fraction of sp³-hybridized carbons (Fsp3) is 0.545. The first kappa shape index (κ1) is 27.3. The number of pyridine rings is 1. The molecule has 0 bridgehead atoms. The summed E-state index contributed by atoms with van der Waals surface area (Å²) in [5.74, 6) is 0. The van der Waals surface area contributed by atoms with Gasteiger partial charge in [0.2, 0.25) is 0 Å². The van der Waals surface area contributed by atoms with E-state index in [9.17, 15) is 0 Å². The van der Waals surface area contributed by atoms with Crippen molar-refractivity contribution in [3.05, 3.63) is 77.5 Å². The predicted molar refractivity (Wildman–Crippen MR) is 159 cm³/mol. The zero-order valence-corrected chi connectivity index (χ0v) is 24.2. The van der Waals surface area contributed by atoms with Gasteiger partial charge < -0.3 is 5.32 Å². The number of hydrogen-bond donors (Lipinski definition) is 1. The first-order valence-electron chi connectivity index (χ1n) is 14.7. The minimum atomic E-state index is 0.132. The minimum absolute atomic E-state index is 0.132. The van der Waals surface area contributed by atoms with E-state index >= 15 is 0 Å². The molecular formula is C33H47N5. The topological polar surface area (TPSA) is 34.6 Å². The Morgan fingerprint density at radius 2 is 1.71 bits per heavy atom. The van der Waals surface area contributed by atoms with E-state index in [2.05, 4.69) is 116 Å². The highest BCUT2D eigenvalue weighted by Crippen LogP contribution is 2.38. The highest BCUT2D eigenvalue weighted by Gasteiger charge is 2.38. The van der Waals surface area contributed by atoms with Gasteiger partial charge in [0.05, 0.1) is 5.52 Å². The van der Waals surface area contributed by atoms with Crippen LogP contribution in [0.2, 0.25) is 0 Å². The molecule has 204 valence electrons. The number of likely N-dealkylation sites (tertiary alicyclic amines) is 1. The van der Waals surface area contributed by atoms with Crippen LogP contribution < -0.4 is 5.32 Å². The predicted octanol–water partition coefficient (Wildman–Crippen LogP) is 5.81. The normalized spacial score (nSPS) is 23.6. The van der Waals surface area contributed by atoms with Crippen LogP contribution in [0.4, 0.5) is 0 Å². The molecule has 5 nitrogen and oxygen atoms in total. The Balaban J connectivity index is 1.31. The molecule has 0 unspecified atom stereocenters. The number of piperidine rings is 1. The fourth-order valence-electron chi connectivity index (χ4n) is 7.02. The summed E-state index contributed by atoms with van der Waals surface area (Å²) in [5.41, 5.74) is 5.44. The van der Waals surface area contributed by atoms with Crippen LogP contribution in [0.25, 0.3) is 10.9 Å². The van der Waals surface area contributed by atoms with E-state index < -0.39 is 0 Å². The standard InChI is InChI=1S/C33H47N5/c1-6-10-32(38-22-25(2)35-26(3)23-38)29-20-28-19-27(13-14-31(28)34-21-29)24-37-17-15-33(16-18-37,36(4)5)30-11-8-7-9-12-30/h7-9,11-14,19-21,25-26,32,35H,6,10,15-18,22-24H2,1-5H3/t25-,26+,32-/m1/s1. The first-order chi connectivity index (χ1) is 18.4. The first-order valence-corrected chi connectivity index (χ1v) is 14.7. The minimum Gasteiger partial charge on any atom is -0.309 e. The Morgan fingerprint density at radius 1 is 1.00 bits per heavy atom. The summed E-state index contributed by atoms with van der Waals surface area (Å²) in [6, 6.07) is 21.9. The monoisotopic (exact) mass is 513 g/mol. The van der Waals surface area contributed by atoms with E-state index in [4.69, 9.17) is 4.98 Å². The van der Waals surface area contributed by atoms with E-state index in [1.54, 1.807) is 0 Å². The van der Waals surface area contributed by atoms with Crippen molar-refractivity contribution in [2.45, 2.75) is 76.7 Å². The highest BCUT2D eigenvalue weighted by atomic mass is 15.2. The van der Waals surface area contributed by atoms with Crippen LogP contribution >= 0.6 is 0 Å². The third-order valence-corrected chi connectivity index (χ3v) is 9.00. The van der Waals surface area contributed by atoms with Gasteiger partial charge >= 0.3 is 0 Å². The van der Waals surface area contributed by atoms with Crippen LogP contribution in [0.5, 0.6) is 0 Å². The van der Waals surface area contributed by atoms with Gasteiger partial charge in [-0.25, -0.2) is 0 Å². The van der Waals surface area contributed by atoms with E-state index in [-0.39, 0.29) is 5.54 Å². The molecule has 2 aromatic carbocycles. The molecule has 0 aliphatic carbocycles. The van der Waals surface area contributed by atoms with Gasteiger partial charge in [-0.1, -0.05) is 49.7 Å². The van der Waals surface area contributed by atoms with Gasteiger partial charge in [-0.2, -0.15) is 0 Å². The third-order valence-electron chi connectivity index (χ3n) is 9.00. The number of hydrogen-bond acceptors (Lipinski definition) is 5. The number of fused-ring (bicyclic) bond motifs is 1. The zero-order valence-electron chi connectivity index (χ0n) is 24.2. The molecular weight excluding hydrogens is 466 g/mol. The van der Waals surface area contributed by atoms with Crippen LogP contribution in [-0.2, 0) is 12.1 Å². The number of piperazine rings is 1. The Hall–Kier alpha value is -2.31. The lowest BCUT2D eigenvalue weighted by molar-refractivity contribution is 0.0507. The molecule has 2 fully saturated rings. The van der Waals surface area contributed by atoms with Crippen LogP contribution in [0.15, 0.2) is 60.8 Å². The molecule has 38 heavy (non-hydrogen) atoms. The van der Waals surface area contributed by atoms with Crippen molar-refractivity contribution < 1.29 is 0 Å². The Kier molecular flexibility index (Phi) is 8.49. The summed E-state index contributed by atoms with van der Waals surface area (Å²) in [7, 11) is 4.48. The van der Waals surface area contributed by atoms with Crippen molar-refractivity contribution in [2.24, 2.45) is 0 Å². The van der Waals surface area contributed by atoms with Gasteiger partial charge in [0, 0.05) is 68.0 Å². The molecule has 0 spiro atoms. The van der Waals surface area contributed by atoms with Gasteiger partial charge in [0.1, 0.15) is 0 Å². The Bertz CT molecular complexity index is 1170. The Morgan fingerprint density at radius 3 is 2.37 bits per heavy atom. The van der Waals surface area contributed by atoms with E-state index in [0.717, 1.165) is 51.1 Å². The largest absolute Gasteiger partial charge is 0.309 e. The lowest BCUT2D eigenvalue weighted by Gasteiger charge is -2.46. The molecule has 0 amide bonds. The number of nitrogens with zero attached hydrogens (tertiary/aromatic N) is 4.